The van der Waals surface area contributed by atoms with Crippen molar-refractivity contribution in [2.24, 2.45) is 0 Å². The molecule has 0 saturated heterocycles. The summed E-state index contributed by atoms with van der Waals surface area (Å²) in [7, 11) is 0. The number of rotatable bonds is 5. The number of carbonyl (C=O) groups excluding carboxylic acids is 1. The van der Waals surface area contributed by atoms with Gasteiger partial charge < -0.3 is 4.90 Å². The molecule has 0 bridgehead atoms. The Morgan fingerprint density at radius 2 is 2.00 bits per heavy atom. The Bertz CT molecular complexity index is 435. The SMILES string of the molecule is CCN(C(=O)CCc1cccc(C)c1)C1CCCCC1. The van der Waals surface area contributed by atoms with Crippen molar-refractivity contribution in [1.29, 1.82) is 0 Å². The molecule has 0 radical (unpaired) electrons. The Kier molecular flexibility index (Phi) is 5.63. The molecule has 1 amide bonds. The third kappa shape index (κ3) is 4.09. The first-order chi connectivity index (χ1) is 9.70. The zero-order valence-corrected chi connectivity index (χ0v) is 12.9. The highest BCUT2D eigenvalue weighted by molar-refractivity contribution is 5.76. The highest BCUT2D eigenvalue weighted by Crippen LogP contribution is 2.23. The number of carbonyl (C=O) groups is 1. The van der Waals surface area contributed by atoms with Crippen LogP contribution in [0.4, 0.5) is 0 Å². The van der Waals surface area contributed by atoms with Gasteiger partial charge >= 0.3 is 0 Å². The molecule has 1 saturated carbocycles. The average Bonchev–Trinajstić information content (AvgIpc) is 2.47. The average molecular weight is 273 g/mol. The normalized spacial score (nSPS) is 16.1. The lowest BCUT2D eigenvalue weighted by Crippen LogP contribution is -2.41. The summed E-state index contributed by atoms with van der Waals surface area (Å²) in [6.07, 6.45) is 7.82. The number of amides is 1. The summed E-state index contributed by atoms with van der Waals surface area (Å²) in [6.45, 7) is 5.07. The van der Waals surface area contributed by atoms with Crippen LogP contribution in [0.2, 0.25) is 0 Å². The van der Waals surface area contributed by atoms with Gasteiger partial charge in [0.25, 0.3) is 0 Å². The lowest BCUT2D eigenvalue weighted by Gasteiger charge is -2.33. The van der Waals surface area contributed by atoms with E-state index >= 15 is 0 Å². The Morgan fingerprint density at radius 3 is 2.65 bits per heavy atom. The molecule has 0 N–H and O–H groups in total. The second-order valence-electron chi connectivity index (χ2n) is 5.96. The van der Waals surface area contributed by atoms with Gasteiger partial charge in [0.2, 0.25) is 5.91 Å². The van der Waals surface area contributed by atoms with E-state index < -0.39 is 0 Å². The lowest BCUT2D eigenvalue weighted by molar-refractivity contribution is -0.133. The van der Waals surface area contributed by atoms with E-state index in [1.54, 1.807) is 0 Å². The third-order valence-electron chi connectivity index (χ3n) is 4.39. The summed E-state index contributed by atoms with van der Waals surface area (Å²) < 4.78 is 0. The first-order valence-electron chi connectivity index (χ1n) is 8.05. The highest BCUT2D eigenvalue weighted by Gasteiger charge is 2.23. The summed E-state index contributed by atoms with van der Waals surface area (Å²) >= 11 is 0. The molecule has 110 valence electrons. The van der Waals surface area contributed by atoms with Crippen LogP contribution in [0.3, 0.4) is 0 Å². The molecule has 0 unspecified atom stereocenters. The highest BCUT2D eigenvalue weighted by atomic mass is 16.2. The number of benzene rings is 1. The lowest BCUT2D eigenvalue weighted by atomic mass is 9.93. The van der Waals surface area contributed by atoms with E-state index in [1.165, 1.54) is 43.2 Å². The van der Waals surface area contributed by atoms with E-state index in [4.69, 9.17) is 0 Å². The van der Waals surface area contributed by atoms with Gasteiger partial charge in [-0.1, -0.05) is 49.1 Å². The second-order valence-corrected chi connectivity index (χ2v) is 5.96. The van der Waals surface area contributed by atoms with Gasteiger partial charge in [-0.05, 0) is 38.7 Å². The molecule has 2 heteroatoms. The van der Waals surface area contributed by atoms with Crippen molar-refractivity contribution >= 4 is 5.91 Å². The first kappa shape index (κ1) is 15.1. The van der Waals surface area contributed by atoms with Crippen molar-refractivity contribution < 1.29 is 4.79 Å². The van der Waals surface area contributed by atoms with Crippen LogP contribution >= 0.6 is 0 Å². The minimum Gasteiger partial charge on any atom is -0.340 e. The fraction of sp³-hybridized carbons (Fsp3) is 0.611. The molecule has 0 heterocycles. The standard InChI is InChI=1S/C18H27NO/c1-3-19(17-10-5-4-6-11-17)18(20)13-12-16-9-7-8-15(2)14-16/h7-9,14,17H,3-6,10-13H2,1-2H3. The maximum Gasteiger partial charge on any atom is 0.223 e. The van der Waals surface area contributed by atoms with Crippen LogP contribution in [0.1, 0.15) is 56.6 Å². The van der Waals surface area contributed by atoms with Gasteiger partial charge in [0.15, 0.2) is 0 Å². The minimum atomic E-state index is 0.334. The molecule has 0 atom stereocenters. The molecule has 0 spiro atoms. The molecule has 0 aromatic heterocycles. The topological polar surface area (TPSA) is 20.3 Å². The molecular formula is C18H27NO. The Labute approximate surface area is 123 Å². The van der Waals surface area contributed by atoms with Crippen molar-refractivity contribution in [2.45, 2.75) is 64.8 Å². The molecule has 20 heavy (non-hydrogen) atoms. The van der Waals surface area contributed by atoms with Crippen LogP contribution < -0.4 is 0 Å². The summed E-state index contributed by atoms with van der Waals surface area (Å²) in [5, 5.41) is 0. The summed E-state index contributed by atoms with van der Waals surface area (Å²) in [5.41, 5.74) is 2.55. The molecule has 1 aromatic rings. The summed E-state index contributed by atoms with van der Waals surface area (Å²) in [4.78, 5) is 14.6. The maximum absolute atomic E-state index is 12.5. The van der Waals surface area contributed by atoms with Gasteiger partial charge in [0.1, 0.15) is 0 Å². The van der Waals surface area contributed by atoms with Crippen LogP contribution in [-0.4, -0.2) is 23.4 Å². The van der Waals surface area contributed by atoms with E-state index in [-0.39, 0.29) is 0 Å². The predicted octanol–water partition coefficient (Wildman–Crippen LogP) is 4.11. The fourth-order valence-corrected chi connectivity index (χ4v) is 3.29. The van der Waals surface area contributed by atoms with Gasteiger partial charge in [-0.25, -0.2) is 0 Å². The van der Waals surface area contributed by atoms with Gasteiger partial charge in [-0.15, -0.1) is 0 Å². The van der Waals surface area contributed by atoms with E-state index in [0.717, 1.165) is 13.0 Å². The Balaban J connectivity index is 1.88. The predicted molar refractivity (Wildman–Crippen MR) is 83.8 cm³/mol. The number of hydrogen-bond donors (Lipinski definition) is 0. The zero-order valence-electron chi connectivity index (χ0n) is 12.9. The number of aryl methyl sites for hydroxylation is 2. The zero-order chi connectivity index (χ0) is 14.4. The van der Waals surface area contributed by atoms with Crippen molar-refractivity contribution in [3.8, 4) is 0 Å². The largest absolute Gasteiger partial charge is 0.340 e. The molecule has 1 aliphatic rings. The summed E-state index contributed by atoms with van der Waals surface area (Å²) in [5.74, 6) is 0.334. The van der Waals surface area contributed by atoms with Crippen LogP contribution in [0.15, 0.2) is 24.3 Å². The van der Waals surface area contributed by atoms with E-state index in [1.807, 2.05) is 0 Å². The molecule has 1 aromatic carbocycles. The smallest absolute Gasteiger partial charge is 0.223 e. The van der Waals surface area contributed by atoms with Crippen LogP contribution in [0, 0.1) is 6.92 Å². The number of nitrogens with zero attached hydrogens (tertiary/aromatic N) is 1. The molecular weight excluding hydrogens is 246 g/mol. The molecule has 2 rings (SSSR count). The summed E-state index contributed by atoms with van der Waals surface area (Å²) in [6, 6.07) is 8.99. The molecule has 1 fully saturated rings. The van der Waals surface area contributed by atoms with Crippen LogP contribution in [-0.2, 0) is 11.2 Å². The fourth-order valence-electron chi connectivity index (χ4n) is 3.29. The van der Waals surface area contributed by atoms with Gasteiger partial charge in [-0.3, -0.25) is 4.79 Å². The van der Waals surface area contributed by atoms with E-state index in [2.05, 4.69) is 43.0 Å². The molecule has 2 nitrogen and oxygen atoms in total. The number of hydrogen-bond acceptors (Lipinski definition) is 1. The van der Waals surface area contributed by atoms with Gasteiger partial charge in [-0.2, -0.15) is 0 Å². The monoisotopic (exact) mass is 273 g/mol. The van der Waals surface area contributed by atoms with Crippen molar-refractivity contribution in [3.63, 3.8) is 0 Å². The van der Waals surface area contributed by atoms with Crippen LogP contribution in [0.25, 0.3) is 0 Å². The van der Waals surface area contributed by atoms with Gasteiger partial charge in [0.05, 0.1) is 0 Å². The first-order valence-corrected chi connectivity index (χ1v) is 8.05. The van der Waals surface area contributed by atoms with Gasteiger partial charge in [0, 0.05) is 19.0 Å². The third-order valence-corrected chi connectivity index (χ3v) is 4.39. The molecule has 0 aliphatic heterocycles. The van der Waals surface area contributed by atoms with Crippen molar-refractivity contribution in [3.05, 3.63) is 35.4 Å². The Morgan fingerprint density at radius 1 is 1.25 bits per heavy atom. The maximum atomic E-state index is 12.5. The van der Waals surface area contributed by atoms with Crippen LogP contribution in [0.5, 0.6) is 0 Å². The van der Waals surface area contributed by atoms with Crippen molar-refractivity contribution in [1.82, 2.24) is 4.90 Å². The Hall–Kier alpha value is -1.31. The second kappa shape index (κ2) is 7.47. The van der Waals surface area contributed by atoms with E-state index in [9.17, 15) is 4.79 Å². The van der Waals surface area contributed by atoms with E-state index in [0.29, 0.717) is 18.4 Å². The molecule has 1 aliphatic carbocycles. The van der Waals surface area contributed by atoms with Crippen molar-refractivity contribution in [2.75, 3.05) is 6.54 Å². The quantitative estimate of drug-likeness (QED) is 0.790. The minimum absolute atomic E-state index is 0.334.